The molecular weight excluding hydrogens is 316 g/mol. The van der Waals surface area contributed by atoms with Crippen molar-refractivity contribution in [3.05, 3.63) is 41.6 Å². The minimum Gasteiger partial charge on any atom is -0.394 e. The van der Waals surface area contributed by atoms with E-state index < -0.39 is 0 Å². The number of aromatic nitrogens is 2. The number of rotatable bonds is 4. The van der Waals surface area contributed by atoms with Gasteiger partial charge >= 0.3 is 6.03 Å². The number of anilines is 1. The van der Waals surface area contributed by atoms with Crippen molar-refractivity contribution in [2.75, 3.05) is 18.5 Å². The quantitative estimate of drug-likeness (QED) is 0.896. The van der Waals surface area contributed by atoms with Crippen LogP contribution in [-0.4, -0.2) is 45.0 Å². The van der Waals surface area contributed by atoms with Crippen LogP contribution in [0.15, 0.2) is 30.3 Å². The van der Waals surface area contributed by atoms with Crippen LogP contribution in [0.3, 0.4) is 0 Å². The second-order valence-corrected chi connectivity index (χ2v) is 6.96. The van der Waals surface area contributed by atoms with Crippen LogP contribution in [-0.2, 0) is 0 Å². The molecular formula is C19H26N4O2. The summed E-state index contributed by atoms with van der Waals surface area (Å²) in [4.78, 5) is 14.4. The zero-order valence-electron chi connectivity index (χ0n) is 15.1. The molecule has 1 saturated heterocycles. The van der Waals surface area contributed by atoms with Gasteiger partial charge in [0.15, 0.2) is 0 Å². The number of likely N-dealkylation sites (tertiary alicyclic amines) is 1. The lowest BCUT2D eigenvalue weighted by molar-refractivity contribution is 0.166. The molecule has 2 N–H and O–H groups in total. The number of carbonyl (C=O) groups excluding carboxylic acids is 1. The Kier molecular flexibility index (Phi) is 5.08. The van der Waals surface area contributed by atoms with Crippen molar-refractivity contribution in [1.29, 1.82) is 0 Å². The maximum absolute atomic E-state index is 12.7. The summed E-state index contributed by atoms with van der Waals surface area (Å²) in [6.45, 7) is 6.87. The van der Waals surface area contributed by atoms with Gasteiger partial charge in [0.05, 0.1) is 24.0 Å². The van der Waals surface area contributed by atoms with Crippen molar-refractivity contribution in [1.82, 2.24) is 14.7 Å². The standard InChI is InChI=1S/C19H26N4O2/c1-13(2)17-11-18(20-19(25)22-10-4-5-16(22)12-24)23(21-17)15-8-6-14(3)7-9-15/h6-9,11,13,16,24H,4-5,10,12H2,1-3H3,(H,20,25)/t16-/m0/s1. The minimum absolute atomic E-state index is 0.00187. The average Bonchev–Trinajstić information content (AvgIpc) is 3.22. The van der Waals surface area contributed by atoms with Gasteiger partial charge in [-0.15, -0.1) is 0 Å². The Hall–Kier alpha value is -2.34. The van der Waals surface area contributed by atoms with Gasteiger partial charge in [0.25, 0.3) is 0 Å². The van der Waals surface area contributed by atoms with Gasteiger partial charge in [0, 0.05) is 12.6 Å². The second-order valence-electron chi connectivity index (χ2n) is 6.96. The first-order chi connectivity index (χ1) is 12.0. The van der Waals surface area contributed by atoms with Crippen molar-refractivity contribution < 1.29 is 9.90 Å². The third kappa shape index (κ3) is 3.69. The van der Waals surface area contributed by atoms with Gasteiger partial charge in [-0.2, -0.15) is 5.10 Å². The van der Waals surface area contributed by atoms with Gasteiger partial charge in [-0.3, -0.25) is 5.32 Å². The minimum atomic E-state index is -0.180. The normalized spacial score (nSPS) is 17.3. The molecule has 1 aliphatic heterocycles. The summed E-state index contributed by atoms with van der Waals surface area (Å²) < 4.78 is 1.77. The number of nitrogens with zero attached hydrogens (tertiary/aromatic N) is 3. The Labute approximate surface area is 148 Å². The predicted octanol–water partition coefficient (Wildman–Crippen LogP) is 3.29. The summed E-state index contributed by atoms with van der Waals surface area (Å²) in [6, 6.07) is 9.69. The Morgan fingerprint density at radius 3 is 2.72 bits per heavy atom. The molecule has 3 rings (SSSR count). The SMILES string of the molecule is Cc1ccc(-n2nc(C(C)C)cc2NC(=O)N2CCC[C@H]2CO)cc1. The van der Waals surface area contributed by atoms with Crippen LogP contribution < -0.4 is 5.32 Å². The number of urea groups is 1. The van der Waals surface area contributed by atoms with Gasteiger partial charge < -0.3 is 10.0 Å². The van der Waals surface area contributed by atoms with Crippen molar-refractivity contribution in [2.24, 2.45) is 0 Å². The van der Waals surface area contributed by atoms with Crippen LogP contribution >= 0.6 is 0 Å². The van der Waals surface area contributed by atoms with E-state index in [2.05, 4.69) is 24.3 Å². The summed E-state index contributed by atoms with van der Waals surface area (Å²) in [5.74, 6) is 0.917. The molecule has 2 heterocycles. The molecule has 1 aliphatic rings. The molecule has 1 aromatic heterocycles. The summed E-state index contributed by atoms with van der Waals surface area (Å²) in [7, 11) is 0. The van der Waals surface area contributed by atoms with Gasteiger partial charge in [0.2, 0.25) is 0 Å². The number of aryl methyl sites for hydroxylation is 1. The highest BCUT2D eigenvalue weighted by Gasteiger charge is 2.29. The molecule has 2 aromatic rings. The van der Waals surface area contributed by atoms with Crippen LogP contribution in [0.1, 0.15) is 43.9 Å². The highest BCUT2D eigenvalue weighted by atomic mass is 16.3. The molecule has 0 saturated carbocycles. The second kappa shape index (κ2) is 7.27. The lowest BCUT2D eigenvalue weighted by atomic mass is 10.1. The van der Waals surface area contributed by atoms with Crippen LogP contribution in [0, 0.1) is 6.92 Å². The zero-order valence-corrected chi connectivity index (χ0v) is 15.1. The van der Waals surface area contributed by atoms with Crippen LogP contribution in [0.25, 0.3) is 5.69 Å². The van der Waals surface area contributed by atoms with E-state index in [-0.39, 0.29) is 24.6 Å². The molecule has 6 heteroatoms. The molecule has 1 atom stereocenters. The molecule has 0 unspecified atom stereocenters. The van der Waals surface area contributed by atoms with E-state index in [1.165, 1.54) is 5.56 Å². The number of benzene rings is 1. The molecule has 6 nitrogen and oxygen atoms in total. The maximum atomic E-state index is 12.7. The summed E-state index contributed by atoms with van der Waals surface area (Å²) in [5.41, 5.74) is 3.01. The fourth-order valence-electron chi connectivity index (χ4n) is 3.13. The van der Waals surface area contributed by atoms with E-state index in [0.29, 0.717) is 12.4 Å². The molecule has 25 heavy (non-hydrogen) atoms. The first-order valence-corrected chi connectivity index (χ1v) is 8.85. The first-order valence-electron chi connectivity index (χ1n) is 8.85. The molecule has 0 bridgehead atoms. The zero-order chi connectivity index (χ0) is 18.0. The molecule has 134 valence electrons. The Balaban J connectivity index is 1.89. The smallest absolute Gasteiger partial charge is 0.323 e. The van der Waals surface area contributed by atoms with Gasteiger partial charge in [-0.05, 0) is 37.8 Å². The van der Waals surface area contributed by atoms with E-state index in [0.717, 1.165) is 24.2 Å². The topological polar surface area (TPSA) is 70.4 Å². The van der Waals surface area contributed by atoms with Gasteiger partial charge in [0.1, 0.15) is 5.82 Å². The van der Waals surface area contributed by atoms with Crippen molar-refractivity contribution in [2.45, 2.75) is 45.6 Å². The highest BCUT2D eigenvalue weighted by Crippen LogP contribution is 2.24. The van der Waals surface area contributed by atoms with Crippen LogP contribution in [0.2, 0.25) is 0 Å². The average molecular weight is 342 g/mol. The summed E-state index contributed by atoms with van der Waals surface area (Å²) in [5, 5.41) is 17.1. The molecule has 0 radical (unpaired) electrons. The number of nitrogens with one attached hydrogen (secondary N) is 1. The van der Waals surface area contributed by atoms with Crippen molar-refractivity contribution in [3.8, 4) is 5.69 Å². The van der Waals surface area contributed by atoms with Crippen molar-refractivity contribution >= 4 is 11.8 Å². The Morgan fingerprint density at radius 1 is 1.36 bits per heavy atom. The van der Waals surface area contributed by atoms with Crippen molar-refractivity contribution in [3.63, 3.8) is 0 Å². The Morgan fingerprint density at radius 2 is 2.08 bits per heavy atom. The predicted molar refractivity (Wildman–Crippen MR) is 98.2 cm³/mol. The number of aliphatic hydroxyl groups is 1. The van der Waals surface area contributed by atoms with E-state index in [1.54, 1.807) is 9.58 Å². The van der Waals surface area contributed by atoms with E-state index in [9.17, 15) is 9.90 Å². The molecule has 2 amide bonds. The number of hydrogen-bond acceptors (Lipinski definition) is 3. The van der Waals surface area contributed by atoms with Gasteiger partial charge in [-0.1, -0.05) is 31.5 Å². The largest absolute Gasteiger partial charge is 0.394 e. The molecule has 1 fully saturated rings. The lowest BCUT2D eigenvalue weighted by Crippen LogP contribution is -2.40. The van der Waals surface area contributed by atoms with Gasteiger partial charge in [-0.25, -0.2) is 9.48 Å². The van der Waals surface area contributed by atoms with E-state index in [4.69, 9.17) is 0 Å². The maximum Gasteiger partial charge on any atom is 0.323 e. The van der Waals surface area contributed by atoms with E-state index >= 15 is 0 Å². The molecule has 0 aliphatic carbocycles. The Bertz CT molecular complexity index is 736. The molecule has 0 spiro atoms. The fourth-order valence-corrected chi connectivity index (χ4v) is 3.13. The number of carbonyl (C=O) groups is 1. The lowest BCUT2D eigenvalue weighted by Gasteiger charge is -2.23. The highest BCUT2D eigenvalue weighted by molar-refractivity contribution is 5.89. The fraction of sp³-hybridized carbons (Fsp3) is 0.474. The first kappa shape index (κ1) is 17.5. The van der Waals surface area contributed by atoms with E-state index in [1.807, 2.05) is 37.3 Å². The number of hydrogen-bond donors (Lipinski definition) is 2. The van der Waals surface area contributed by atoms with Crippen LogP contribution in [0.4, 0.5) is 10.6 Å². The third-order valence-electron chi connectivity index (χ3n) is 4.68. The van der Waals surface area contributed by atoms with Crippen LogP contribution in [0.5, 0.6) is 0 Å². The third-order valence-corrected chi connectivity index (χ3v) is 4.68. The summed E-state index contributed by atoms with van der Waals surface area (Å²) >= 11 is 0. The monoisotopic (exact) mass is 342 g/mol. The summed E-state index contributed by atoms with van der Waals surface area (Å²) in [6.07, 6.45) is 1.77. The molecule has 1 aromatic carbocycles. The number of aliphatic hydroxyl groups excluding tert-OH is 1. The number of amides is 2.